The summed E-state index contributed by atoms with van der Waals surface area (Å²) in [5.41, 5.74) is 2.26. The number of carbonyl (C=O) groups is 1. The summed E-state index contributed by atoms with van der Waals surface area (Å²) in [6, 6.07) is 7.94. The first-order valence-corrected chi connectivity index (χ1v) is 4.97. The van der Waals surface area contributed by atoms with Gasteiger partial charge in [-0.1, -0.05) is 29.8 Å². The molecule has 0 radical (unpaired) electrons. The molecule has 1 aromatic rings. The minimum absolute atomic E-state index is 0.508. The van der Waals surface area contributed by atoms with Crippen LogP contribution in [0.3, 0.4) is 0 Å². The third-order valence-electron chi connectivity index (χ3n) is 1.60. The molecule has 0 unspecified atom stereocenters. The van der Waals surface area contributed by atoms with Crippen LogP contribution in [0.25, 0.3) is 0 Å². The Bertz CT molecular complexity index is 263. The summed E-state index contributed by atoms with van der Waals surface area (Å²) in [6.45, 7) is 3.77. The van der Waals surface area contributed by atoms with Crippen molar-refractivity contribution in [3.8, 4) is 0 Å². The van der Waals surface area contributed by atoms with Crippen LogP contribution in [0.15, 0.2) is 24.3 Å². The molecule has 0 aliphatic rings. The number of benzene rings is 1. The van der Waals surface area contributed by atoms with Crippen molar-refractivity contribution in [1.82, 2.24) is 0 Å². The maximum atomic E-state index is 10.2. The second-order valence-electron chi connectivity index (χ2n) is 2.44. The molecule has 0 aromatic heterocycles. The molecule has 0 saturated carbocycles. The molecule has 0 aliphatic heterocycles. The molecule has 0 heterocycles. The van der Waals surface area contributed by atoms with Crippen molar-refractivity contribution in [1.29, 1.82) is 3.91 Å². The third-order valence-corrected chi connectivity index (χ3v) is 1.60. The van der Waals surface area contributed by atoms with E-state index < -0.39 is 0 Å². The fourth-order valence-corrected chi connectivity index (χ4v) is 1.01. The van der Waals surface area contributed by atoms with Gasteiger partial charge in [0.15, 0.2) is 0 Å². The van der Waals surface area contributed by atoms with Crippen molar-refractivity contribution >= 4 is 6.29 Å². The van der Waals surface area contributed by atoms with Gasteiger partial charge in [0.2, 0.25) is 0 Å². The van der Waals surface area contributed by atoms with Crippen LogP contribution < -0.4 is 0 Å². The number of rotatable bonds is 3. The molecular weight excluding hydrogens is 345 g/mol. The summed E-state index contributed by atoms with van der Waals surface area (Å²) in [5, 5.41) is 0. The van der Waals surface area contributed by atoms with Gasteiger partial charge in [0, 0.05) is 6.42 Å². The topological polar surface area (TPSA) is 40.9 Å². The molecular formula is C10H12NOPt-. The van der Waals surface area contributed by atoms with E-state index in [2.05, 4.69) is 6.92 Å². The summed E-state index contributed by atoms with van der Waals surface area (Å²) >= 11 is 1.39. The number of hydrogen-bond donors (Lipinski definition) is 1. The molecule has 1 rings (SSSR count). The van der Waals surface area contributed by atoms with Crippen molar-refractivity contribution in [3.05, 3.63) is 42.3 Å². The fourth-order valence-electron chi connectivity index (χ4n) is 1.01. The van der Waals surface area contributed by atoms with Gasteiger partial charge in [-0.05, 0) is 5.56 Å². The van der Waals surface area contributed by atoms with Crippen LogP contribution in [0.4, 0.5) is 0 Å². The van der Waals surface area contributed by atoms with E-state index in [9.17, 15) is 4.79 Å². The fraction of sp³-hybridized carbons (Fsp3) is 0.200. The first-order valence-electron chi connectivity index (χ1n) is 3.83. The zero-order chi connectivity index (χ0) is 10.1. The summed E-state index contributed by atoms with van der Waals surface area (Å²) < 4.78 is 5.72. The van der Waals surface area contributed by atoms with E-state index in [4.69, 9.17) is 3.91 Å². The standard InChI is InChI=1S/C10H11O.HN.Pt/c1-2-9-4-3-5-10(8-9)6-7-11;;/h3-5,7-8H,1-2,6H2;1H;/q-1;;. The van der Waals surface area contributed by atoms with Crippen LogP contribution in [-0.2, 0) is 37.3 Å². The van der Waals surface area contributed by atoms with E-state index in [1.54, 1.807) is 0 Å². The number of aldehydes is 1. The Morgan fingerprint density at radius 2 is 2.00 bits per heavy atom. The third kappa shape index (κ3) is 4.84. The molecule has 74 valence electrons. The molecule has 1 aromatic carbocycles. The van der Waals surface area contributed by atoms with Gasteiger partial charge >= 0.3 is 23.5 Å². The van der Waals surface area contributed by atoms with Crippen molar-refractivity contribution in [2.45, 2.75) is 12.8 Å². The van der Waals surface area contributed by atoms with E-state index >= 15 is 0 Å². The van der Waals surface area contributed by atoms with Crippen LogP contribution in [0.5, 0.6) is 0 Å². The summed E-state index contributed by atoms with van der Waals surface area (Å²) in [6.07, 6.45) is 2.21. The summed E-state index contributed by atoms with van der Waals surface area (Å²) in [7, 11) is 0. The minimum atomic E-state index is 0.508. The van der Waals surface area contributed by atoms with Gasteiger partial charge in [0.1, 0.15) is 6.29 Å². The second kappa shape index (κ2) is 8.00. The van der Waals surface area contributed by atoms with Gasteiger partial charge in [-0.2, -0.15) is 6.42 Å². The first kappa shape index (κ1) is 12.4. The molecule has 0 spiro atoms. The number of carbonyl (C=O) groups excluding carboxylic acids is 1. The Balaban J connectivity index is 0.000000671. The van der Waals surface area contributed by atoms with Gasteiger partial charge in [-0.15, -0.1) is 0 Å². The summed E-state index contributed by atoms with van der Waals surface area (Å²) in [4.78, 5) is 10.2. The predicted molar refractivity (Wildman–Crippen MR) is 48.0 cm³/mol. The molecule has 13 heavy (non-hydrogen) atoms. The Labute approximate surface area is 89.9 Å². The van der Waals surface area contributed by atoms with Gasteiger partial charge in [-0.25, -0.2) is 0 Å². The summed E-state index contributed by atoms with van der Waals surface area (Å²) in [5.74, 6) is 0. The van der Waals surface area contributed by atoms with Crippen molar-refractivity contribution < 1.29 is 24.4 Å². The van der Waals surface area contributed by atoms with Gasteiger partial charge < -0.3 is 11.7 Å². The van der Waals surface area contributed by atoms with Crippen LogP contribution in [0.1, 0.15) is 11.1 Å². The zero-order valence-corrected chi connectivity index (χ0v) is 9.50. The van der Waals surface area contributed by atoms with Gasteiger partial charge in [0.25, 0.3) is 0 Å². The van der Waals surface area contributed by atoms with Gasteiger partial charge in [0.05, 0.1) is 0 Å². The molecule has 0 aliphatic carbocycles. The average molecular weight is 357 g/mol. The molecule has 2 nitrogen and oxygen atoms in total. The average Bonchev–Trinajstić information content (AvgIpc) is 2.22. The quantitative estimate of drug-likeness (QED) is 0.653. The Kier molecular flexibility index (Phi) is 7.62. The van der Waals surface area contributed by atoms with Crippen molar-refractivity contribution in [2.75, 3.05) is 0 Å². The molecule has 3 heteroatoms. The van der Waals surface area contributed by atoms with Gasteiger partial charge in [-0.3, -0.25) is 0 Å². The second-order valence-corrected chi connectivity index (χ2v) is 2.44. The Morgan fingerprint density at radius 1 is 1.38 bits per heavy atom. The maximum absolute atomic E-state index is 10.2. The van der Waals surface area contributed by atoms with Crippen LogP contribution in [-0.4, -0.2) is 6.29 Å². The monoisotopic (exact) mass is 357 g/mol. The molecule has 0 saturated heterocycles. The zero-order valence-electron chi connectivity index (χ0n) is 7.23. The Hall–Kier alpha value is -0.622. The van der Waals surface area contributed by atoms with E-state index in [1.165, 1.54) is 25.2 Å². The van der Waals surface area contributed by atoms with Crippen LogP contribution >= 0.6 is 0 Å². The number of hydrogen-bond acceptors (Lipinski definition) is 2. The van der Waals surface area contributed by atoms with E-state index in [-0.39, 0.29) is 0 Å². The number of nitrogens with one attached hydrogen (secondary N) is 1. The van der Waals surface area contributed by atoms with E-state index in [0.29, 0.717) is 6.42 Å². The van der Waals surface area contributed by atoms with E-state index in [0.717, 1.165) is 18.3 Å². The SMILES string of the molecule is [CH2-]Cc1cccc(CC=O)c1.[NH]=[Pt]. The normalized spacial score (nSPS) is 8.54. The van der Waals surface area contributed by atoms with Crippen LogP contribution in [0.2, 0.25) is 0 Å². The van der Waals surface area contributed by atoms with E-state index in [1.807, 2.05) is 24.3 Å². The molecule has 0 atom stereocenters. The van der Waals surface area contributed by atoms with Crippen molar-refractivity contribution in [2.24, 2.45) is 0 Å². The van der Waals surface area contributed by atoms with Crippen molar-refractivity contribution in [3.63, 3.8) is 0 Å². The molecule has 1 N–H and O–H groups in total. The molecule has 0 fully saturated rings. The first-order chi connectivity index (χ1) is 6.36. The molecule has 0 amide bonds. The molecule has 0 bridgehead atoms. The Morgan fingerprint density at radius 3 is 2.54 bits per heavy atom. The predicted octanol–water partition coefficient (Wildman–Crippen LogP) is 2.10. The van der Waals surface area contributed by atoms with Crippen LogP contribution in [0, 0.1) is 10.8 Å².